The molecule has 1 atom stereocenters. The van der Waals surface area contributed by atoms with Gasteiger partial charge in [-0.15, -0.1) is 0 Å². The second-order valence-electron chi connectivity index (χ2n) is 5.12. The summed E-state index contributed by atoms with van der Waals surface area (Å²) in [5.41, 5.74) is 8.24. The minimum absolute atomic E-state index is 0.0983. The van der Waals surface area contributed by atoms with Crippen LogP contribution in [0, 0.1) is 0 Å². The molecule has 0 fully saturated rings. The molecule has 0 saturated heterocycles. The van der Waals surface area contributed by atoms with Gasteiger partial charge >= 0.3 is 0 Å². The molecule has 0 aliphatic carbocycles. The number of hydrogen-bond acceptors (Lipinski definition) is 3. The van der Waals surface area contributed by atoms with Crippen molar-refractivity contribution in [2.75, 3.05) is 13.2 Å². The van der Waals surface area contributed by atoms with Crippen molar-refractivity contribution in [3.63, 3.8) is 0 Å². The number of hydrogen-bond donors (Lipinski definition) is 1. The van der Waals surface area contributed by atoms with Gasteiger partial charge in [0.2, 0.25) is 0 Å². The van der Waals surface area contributed by atoms with Crippen LogP contribution in [0.2, 0.25) is 5.02 Å². The van der Waals surface area contributed by atoms with Crippen LogP contribution in [0.15, 0.2) is 6.07 Å². The average molecular weight is 270 g/mol. The maximum Gasteiger partial charge on any atom is 0.180 e. The van der Waals surface area contributed by atoms with Gasteiger partial charge in [0, 0.05) is 11.6 Å². The first-order valence-electron chi connectivity index (χ1n) is 6.37. The maximum atomic E-state index is 6.26. The Hall–Kier alpha value is -0.930. The first-order valence-corrected chi connectivity index (χ1v) is 6.75. The van der Waals surface area contributed by atoms with Crippen molar-refractivity contribution in [2.24, 2.45) is 5.73 Å². The summed E-state index contributed by atoms with van der Waals surface area (Å²) in [7, 11) is 0. The standard InChI is InChI=1S/C14H20ClNO2/c1-8(2)12-10(6-9(3)16)7-11(15)13-14(12)18-5-4-17-13/h7-9H,4-6,16H2,1-3H3. The van der Waals surface area contributed by atoms with E-state index in [0.29, 0.717) is 29.9 Å². The summed E-state index contributed by atoms with van der Waals surface area (Å²) in [5.74, 6) is 1.84. The van der Waals surface area contributed by atoms with E-state index in [-0.39, 0.29) is 6.04 Å². The van der Waals surface area contributed by atoms with Crippen molar-refractivity contribution in [3.05, 3.63) is 22.2 Å². The van der Waals surface area contributed by atoms with Crippen LogP contribution in [0.5, 0.6) is 11.5 Å². The van der Waals surface area contributed by atoms with Gasteiger partial charge in [0.1, 0.15) is 13.2 Å². The largest absolute Gasteiger partial charge is 0.486 e. The van der Waals surface area contributed by atoms with Gasteiger partial charge in [-0.2, -0.15) is 0 Å². The van der Waals surface area contributed by atoms with Gasteiger partial charge in [-0.1, -0.05) is 25.4 Å². The second-order valence-corrected chi connectivity index (χ2v) is 5.53. The molecule has 2 rings (SSSR count). The molecule has 1 aliphatic heterocycles. The lowest BCUT2D eigenvalue weighted by Gasteiger charge is -2.26. The van der Waals surface area contributed by atoms with E-state index in [0.717, 1.165) is 17.7 Å². The van der Waals surface area contributed by atoms with Gasteiger partial charge < -0.3 is 15.2 Å². The maximum absolute atomic E-state index is 6.26. The predicted octanol–water partition coefficient (Wildman–Crippen LogP) is 3.12. The summed E-state index contributed by atoms with van der Waals surface area (Å²) in [6.07, 6.45) is 0.796. The highest BCUT2D eigenvalue weighted by Gasteiger charge is 2.24. The normalized spacial score (nSPS) is 15.9. The second kappa shape index (κ2) is 5.37. The van der Waals surface area contributed by atoms with Crippen molar-refractivity contribution in [2.45, 2.75) is 39.2 Å². The van der Waals surface area contributed by atoms with Crippen molar-refractivity contribution in [3.8, 4) is 11.5 Å². The van der Waals surface area contributed by atoms with Gasteiger partial charge in [-0.25, -0.2) is 0 Å². The molecular formula is C14H20ClNO2. The number of halogens is 1. The minimum atomic E-state index is 0.0983. The van der Waals surface area contributed by atoms with E-state index in [1.165, 1.54) is 5.56 Å². The van der Waals surface area contributed by atoms with E-state index in [4.69, 9.17) is 26.8 Å². The molecule has 0 radical (unpaired) electrons. The molecule has 4 heteroatoms. The van der Waals surface area contributed by atoms with Crippen LogP contribution in [-0.2, 0) is 6.42 Å². The van der Waals surface area contributed by atoms with Gasteiger partial charge in [0.05, 0.1) is 5.02 Å². The third-order valence-corrected chi connectivity index (χ3v) is 3.29. The number of nitrogens with two attached hydrogens (primary N) is 1. The Morgan fingerprint density at radius 1 is 1.22 bits per heavy atom. The first-order chi connectivity index (χ1) is 8.50. The van der Waals surface area contributed by atoms with E-state index in [9.17, 15) is 0 Å². The highest BCUT2D eigenvalue weighted by molar-refractivity contribution is 6.32. The number of fused-ring (bicyclic) bond motifs is 1. The highest BCUT2D eigenvalue weighted by Crippen LogP contribution is 2.45. The Balaban J connectivity index is 2.56. The summed E-state index contributed by atoms with van der Waals surface area (Å²) < 4.78 is 11.4. The van der Waals surface area contributed by atoms with Crippen LogP contribution in [0.3, 0.4) is 0 Å². The smallest absolute Gasteiger partial charge is 0.180 e. The average Bonchev–Trinajstić information content (AvgIpc) is 2.27. The summed E-state index contributed by atoms with van der Waals surface area (Å²) in [6, 6.07) is 2.06. The van der Waals surface area contributed by atoms with Gasteiger partial charge in [0.25, 0.3) is 0 Å². The van der Waals surface area contributed by atoms with E-state index >= 15 is 0 Å². The molecule has 3 nitrogen and oxygen atoms in total. The minimum Gasteiger partial charge on any atom is -0.486 e. The van der Waals surface area contributed by atoms with Crippen molar-refractivity contribution in [1.82, 2.24) is 0 Å². The molecule has 1 heterocycles. The molecule has 0 saturated carbocycles. The summed E-state index contributed by atoms with van der Waals surface area (Å²) in [5, 5.41) is 0.616. The molecule has 1 aliphatic rings. The van der Waals surface area contributed by atoms with Crippen molar-refractivity contribution in [1.29, 1.82) is 0 Å². The molecular weight excluding hydrogens is 250 g/mol. The number of rotatable bonds is 3. The topological polar surface area (TPSA) is 44.5 Å². The van der Waals surface area contributed by atoms with Gasteiger partial charge in [0.15, 0.2) is 11.5 Å². The van der Waals surface area contributed by atoms with E-state index in [1.54, 1.807) is 0 Å². The Kier molecular flexibility index (Phi) is 4.03. The lowest BCUT2D eigenvalue weighted by molar-refractivity contribution is 0.169. The summed E-state index contributed by atoms with van der Waals surface area (Å²) in [4.78, 5) is 0. The van der Waals surface area contributed by atoms with Crippen LogP contribution in [0.4, 0.5) is 0 Å². The number of benzene rings is 1. The zero-order chi connectivity index (χ0) is 13.3. The Morgan fingerprint density at radius 2 is 1.83 bits per heavy atom. The molecule has 18 heavy (non-hydrogen) atoms. The van der Waals surface area contributed by atoms with Gasteiger partial charge in [-0.3, -0.25) is 0 Å². The molecule has 100 valence electrons. The molecule has 0 amide bonds. The van der Waals surface area contributed by atoms with E-state index < -0.39 is 0 Å². The molecule has 2 N–H and O–H groups in total. The third kappa shape index (κ3) is 2.57. The lowest BCUT2D eigenvalue weighted by Crippen LogP contribution is -2.21. The van der Waals surface area contributed by atoms with Crippen LogP contribution in [0.1, 0.15) is 37.8 Å². The molecule has 0 bridgehead atoms. The van der Waals surface area contributed by atoms with E-state index in [2.05, 4.69) is 13.8 Å². The van der Waals surface area contributed by atoms with Crippen LogP contribution >= 0.6 is 11.6 Å². The molecule has 1 unspecified atom stereocenters. The van der Waals surface area contributed by atoms with Crippen molar-refractivity contribution >= 4 is 11.6 Å². The zero-order valence-corrected chi connectivity index (χ0v) is 11.9. The van der Waals surface area contributed by atoms with E-state index in [1.807, 2.05) is 13.0 Å². The Bertz CT molecular complexity index is 444. The summed E-state index contributed by atoms with van der Waals surface area (Å²) in [6.45, 7) is 7.41. The van der Waals surface area contributed by atoms with Crippen LogP contribution in [-0.4, -0.2) is 19.3 Å². The molecule has 1 aromatic carbocycles. The lowest BCUT2D eigenvalue weighted by atomic mass is 9.92. The Morgan fingerprint density at radius 3 is 2.39 bits per heavy atom. The quantitative estimate of drug-likeness (QED) is 0.917. The molecule has 0 spiro atoms. The Labute approximate surface area is 113 Å². The fraction of sp³-hybridized carbons (Fsp3) is 0.571. The fourth-order valence-corrected chi connectivity index (χ4v) is 2.66. The molecule has 1 aromatic rings. The van der Waals surface area contributed by atoms with Crippen molar-refractivity contribution < 1.29 is 9.47 Å². The number of ether oxygens (including phenoxy) is 2. The fourth-order valence-electron chi connectivity index (χ4n) is 2.39. The highest BCUT2D eigenvalue weighted by atomic mass is 35.5. The molecule has 0 aromatic heterocycles. The summed E-state index contributed by atoms with van der Waals surface area (Å²) >= 11 is 6.26. The van der Waals surface area contributed by atoms with Crippen LogP contribution < -0.4 is 15.2 Å². The van der Waals surface area contributed by atoms with Gasteiger partial charge in [-0.05, 0) is 30.9 Å². The third-order valence-electron chi connectivity index (χ3n) is 3.01. The first kappa shape index (κ1) is 13.5. The SMILES string of the molecule is CC(N)Cc1cc(Cl)c2c(c1C(C)C)OCCO2. The zero-order valence-electron chi connectivity index (χ0n) is 11.1. The van der Waals surface area contributed by atoms with Crippen LogP contribution in [0.25, 0.3) is 0 Å². The monoisotopic (exact) mass is 269 g/mol. The predicted molar refractivity (Wildman–Crippen MR) is 73.9 cm³/mol.